The Labute approximate surface area is 155 Å². The lowest BCUT2D eigenvalue weighted by Crippen LogP contribution is -2.33. The fraction of sp³-hybridized carbons (Fsp3) is 0.364. The Morgan fingerprint density at radius 3 is 2.54 bits per heavy atom. The average molecular weight is 346 g/mol. The summed E-state index contributed by atoms with van der Waals surface area (Å²) < 4.78 is 1.85. The van der Waals surface area contributed by atoms with Crippen LogP contribution in [0.15, 0.2) is 61.2 Å². The third kappa shape index (κ3) is 4.38. The van der Waals surface area contributed by atoms with Crippen LogP contribution >= 0.6 is 0 Å². The second-order valence-electron chi connectivity index (χ2n) is 7.36. The summed E-state index contributed by atoms with van der Waals surface area (Å²) in [5, 5.41) is 7.97. The summed E-state index contributed by atoms with van der Waals surface area (Å²) in [5.74, 6) is 0.834. The number of nitrogens with one attached hydrogen (secondary N) is 1. The van der Waals surface area contributed by atoms with Crippen LogP contribution in [0.5, 0.6) is 0 Å². The molecule has 4 nitrogen and oxygen atoms in total. The van der Waals surface area contributed by atoms with Gasteiger partial charge in [-0.2, -0.15) is 5.10 Å². The fourth-order valence-electron chi connectivity index (χ4n) is 3.49. The minimum absolute atomic E-state index is 0.575. The monoisotopic (exact) mass is 346 g/mol. The molecule has 1 heterocycles. The van der Waals surface area contributed by atoms with Gasteiger partial charge < -0.3 is 5.32 Å². The smallest absolute Gasteiger partial charge is 0.137 e. The Morgan fingerprint density at radius 2 is 1.85 bits per heavy atom. The summed E-state index contributed by atoms with van der Waals surface area (Å²) in [5.41, 5.74) is 5.46. The summed E-state index contributed by atoms with van der Waals surface area (Å²) in [7, 11) is 0. The first-order valence-electron chi connectivity index (χ1n) is 9.46. The molecule has 1 aromatic heterocycles. The van der Waals surface area contributed by atoms with Crippen LogP contribution in [0.2, 0.25) is 0 Å². The number of rotatable bonds is 8. The van der Waals surface area contributed by atoms with Gasteiger partial charge >= 0.3 is 0 Å². The number of hydrogen-bond acceptors (Lipinski definition) is 3. The molecule has 4 heteroatoms. The molecule has 26 heavy (non-hydrogen) atoms. The maximum atomic E-state index is 4.16. The van der Waals surface area contributed by atoms with Crippen LogP contribution in [-0.2, 0) is 19.5 Å². The second-order valence-corrected chi connectivity index (χ2v) is 7.36. The average Bonchev–Trinajstić information content (AvgIpc) is 3.38. The molecule has 0 spiro atoms. The van der Waals surface area contributed by atoms with E-state index in [-0.39, 0.29) is 0 Å². The van der Waals surface area contributed by atoms with E-state index in [0.29, 0.717) is 6.04 Å². The van der Waals surface area contributed by atoms with Crippen molar-refractivity contribution in [2.24, 2.45) is 5.92 Å². The molecule has 0 amide bonds. The number of nitrogens with zero attached hydrogens (tertiary/aromatic N) is 3. The SMILES string of the molecule is Cc1ccccc1CC(NCc1ccc(Cn2cncn2)cc1)C1CC1. The van der Waals surface area contributed by atoms with E-state index in [4.69, 9.17) is 0 Å². The molecule has 1 aliphatic rings. The molecule has 1 unspecified atom stereocenters. The summed E-state index contributed by atoms with van der Waals surface area (Å²) in [6.07, 6.45) is 7.18. The molecule has 134 valence electrons. The van der Waals surface area contributed by atoms with E-state index in [1.807, 2.05) is 4.68 Å². The van der Waals surface area contributed by atoms with Crippen molar-refractivity contribution >= 4 is 0 Å². The Balaban J connectivity index is 1.35. The minimum Gasteiger partial charge on any atom is -0.309 e. The van der Waals surface area contributed by atoms with E-state index >= 15 is 0 Å². The normalized spacial score (nSPS) is 15.1. The minimum atomic E-state index is 0.575. The van der Waals surface area contributed by atoms with Crippen molar-refractivity contribution in [2.75, 3.05) is 0 Å². The third-order valence-corrected chi connectivity index (χ3v) is 5.29. The third-order valence-electron chi connectivity index (χ3n) is 5.29. The van der Waals surface area contributed by atoms with E-state index < -0.39 is 0 Å². The number of hydrogen-bond donors (Lipinski definition) is 1. The van der Waals surface area contributed by atoms with Crippen molar-refractivity contribution in [3.05, 3.63) is 83.4 Å². The van der Waals surface area contributed by atoms with Crippen LogP contribution in [0.4, 0.5) is 0 Å². The standard InChI is InChI=1S/C22H26N4/c1-17-4-2-3-5-21(17)12-22(20-10-11-20)24-13-18-6-8-19(9-7-18)14-26-16-23-15-25-26/h2-9,15-16,20,22,24H,10-14H2,1H3. The largest absolute Gasteiger partial charge is 0.309 e. The van der Waals surface area contributed by atoms with Gasteiger partial charge in [-0.05, 0) is 54.4 Å². The van der Waals surface area contributed by atoms with Crippen LogP contribution in [-0.4, -0.2) is 20.8 Å². The summed E-state index contributed by atoms with van der Waals surface area (Å²) in [4.78, 5) is 3.99. The van der Waals surface area contributed by atoms with Gasteiger partial charge in [0.05, 0.1) is 6.54 Å². The molecule has 0 aliphatic heterocycles. The summed E-state index contributed by atoms with van der Waals surface area (Å²) >= 11 is 0. The molecule has 1 N–H and O–H groups in total. The van der Waals surface area contributed by atoms with E-state index in [9.17, 15) is 0 Å². The molecule has 0 saturated heterocycles. The number of aryl methyl sites for hydroxylation is 1. The Bertz CT molecular complexity index is 820. The molecule has 1 fully saturated rings. The first kappa shape index (κ1) is 17.0. The Hall–Kier alpha value is -2.46. The molecule has 1 atom stereocenters. The molecule has 0 radical (unpaired) electrons. The topological polar surface area (TPSA) is 42.7 Å². The van der Waals surface area contributed by atoms with Crippen LogP contribution in [0.1, 0.15) is 35.1 Å². The van der Waals surface area contributed by atoms with E-state index in [0.717, 1.165) is 25.4 Å². The lowest BCUT2D eigenvalue weighted by atomic mass is 9.98. The van der Waals surface area contributed by atoms with E-state index in [1.54, 1.807) is 12.7 Å². The summed E-state index contributed by atoms with van der Waals surface area (Å²) in [6.45, 7) is 3.91. The van der Waals surface area contributed by atoms with Crippen LogP contribution in [0.25, 0.3) is 0 Å². The van der Waals surface area contributed by atoms with Crippen molar-refractivity contribution in [1.82, 2.24) is 20.1 Å². The van der Waals surface area contributed by atoms with E-state index in [1.165, 1.54) is 35.1 Å². The van der Waals surface area contributed by atoms with Gasteiger partial charge in [-0.25, -0.2) is 9.67 Å². The van der Waals surface area contributed by atoms with Gasteiger partial charge in [-0.1, -0.05) is 48.5 Å². The van der Waals surface area contributed by atoms with Gasteiger partial charge in [0.25, 0.3) is 0 Å². The molecule has 1 saturated carbocycles. The zero-order valence-electron chi connectivity index (χ0n) is 15.3. The van der Waals surface area contributed by atoms with Gasteiger partial charge in [0.15, 0.2) is 0 Å². The number of benzene rings is 2. The molecule has 4 rings (SSSR count). The van der Waals surface area contributed by atoms with E-state index in [2.05, 4.69) is 70.9 Å². The van der Waals surface area contributed by atoms with Gasteiger partial charge in [-0.3, -0.25) is 0 Å². The Kier molecular flexibility index (Phi) is 5.12. The molecule has 3 aromatic rings. The van der Waals surface area contributed by atoms with Gasteiger partial charge in [-0.15, -0.1) is 0 Å². The first-order valence-corrected chi connectivity index (χ1v) is 9.46. The highest BCUT2D eigenvalue weighted by Gasteiger charge is 2.31. The lowest BCUT2D eigenvalue weighted by molar-refractivity contribution is 0.458. The highest BCUT2D eigenvalue weighted by molar-refractivity contribution is 5.27. The first-order chi connectivity index (χ1) is 12.8. The maximum absolute atomic E-state index is 4.16. The molecule has 1 aliphatic carbocycles. The molecule has 0 bridgehead atoms. The zero-order valence-corrected chi connectivity index (χ0v) is 15.3. The van der Waals surface area contributed by atoms with Crippen LogP contribution in [0, 0.1) is 12.8 Å². The highest BCUT2D eigenvalue weighted by atomic mass is 15.3. The lowest BCUT2D eigenvalue weighted by Gasteiger charge is -2.20. The van der Waals surface area contributed by atoms with Crippen molar-refractivity contribution < 1.29 is 0 Å². The van der Waals surface area contributed by atoms with Gasteiger partial charge in [0, 0.05) is 12.6 Å². The highest BCUT2D eigenvalue weighted by Crippen LogP contribution is 2.34. The van der Waals surface area contributed by atoms with Crippen molar-refractivity contribution in [3.8, 4) is 0 Å². The van der Waals surface area contributed by atoms with Crippen molar-refractivity contribution in [2.45, 2.75) is 45.3 Å². The predicted molar refractivity (Wildman–Crippen MR) is 104 cm³/mol. The fourth-order valence-corrected chi connectivity index (χ4v) is 3.49. The molecule has 2 aromatic carbocycles. The van der Waals surface area contributed by atoms with Crippen molar-refractivity contribution in [3.63, 3.8) is 0 Å². The Morgan fingerprint density at radius 1 is 1.08 bits per heavy atom. The van der Waals surface area contributed by atoms with Crippen molar-refractivity contribution in [1.29, 1.82) is 0 Å². The quantitative estimate of drug-likeness (QED) is 0.675. The molecular formula is C22H26N4. The number of aromatic nitrogens is 3. The zero-order chi connectivity index (χ0) is 17.8. The maximum Gasteiger partial charge on any atom is 0.137 e. The summed E-state index contributed by atoms with van der Waals surface area (Å²) in [6, 6.07) is 18.1. The molecular weight excluding hydrogens is 320 g/mol. The van der Waals surface area contributed by atoms with Gasteiger partial charge in [0.1, 0.15) is 12.7 Å². The van der Waals surface area contributed by atoms with Crippen LogP contribution < -0.4 is 5.32 Å². The van der Waals surface area contributed by atoms with Gasteiger partial charge in [0.2, 0.25) is 0 Å². The second kappa shape index (κ2) is 7.83. The predicted octanol–water partition coefficient (Wildman–Crippen LogP) is 3.75. The van der Waals surface area contributed by atoms with Crippen LogP contribution in [0.3, 0.4) is 0 Å².